The highest BCUT2D eigenvalue weighted by Crippen LogP contribution is 2.19. The first kappa shape index (κ1) is 11.4. The van der Waals surface area contributed by atoms with Crippen molar-refractivity contribution in [2.45, 2.75) is 6.04 Å². The minimum absolute atomic E-state index is 0.431. The van der Waals surface area contributed by atoms with Gasteiger partial charge in [-0.2, -0.15) is 5.10 Å². The summed E-state index contributed by atoms with van der Waals surface area (Å²) in [4.78, 5) is 0. The lowest BCUT2D eigenvalue weighted by Crippen LogP contribution is -2.43. The molecule has 0 aliphatic carbocycles. The predicted octanol–water partition coefficient (Wildman–Crippen LogP) is 1.28. The molecule has 0 saturated carbocycles. The number of nitrogens with one attached hydrogen (secondary N) is 1. The molecule has 1 aliphatic rings. The number of para-hydroxylation sites is 1. The van der Waals surface area contributed by atoms with Crippen molar-refractivity contribution >= 4 is 0 Å². The fraction of sp³-hybridized carbons (Fsp3) is 0.214. The van der Waals surface area contributed by atoms with Gasteiger partial charge >= 0.3 is 0 Å². The molecular formula is C14H14N6. The van der Waals surface area contributed by atoms with E-state index >= 15 is 0 Å². The molecule has 1 aliphatic heterocycles. The molecule has 0 spiro atoms. The van der Waals surface area contributed by atoms with Crippen molar-refractivity contribution in [3.05, 3.63) is 48.9 Å². The van der Waals surface area contributed by atoms with E-state index in [4.69, 9.17) is 0 Å². The van der Waals surface area contributed by atoms with Gasteiger partial charge < -0.3 is 5.32 Å². The molecular weight excluding hydrogens is 252 g/mol. The highest BCUT2D eigenvalue weighted by molar-refractivity contribution is 5.56. The van der Waals surface area contributed by atoms with Crippen molar-refractivity contribution in [3.63, 3.8) is 0 Å². The van der Waals surface area contributed by atoms with Gasteiger partial charge in [-0.05, 0) is 12.1 Å². The van der Waals surface area contributed by atoms with E-state index < -0.39 is 0 Å². The van der Waals surface area contributed by atoms with Gasteiger partial charge in [-0.1, -0.05) is 23.4 Å². The molecule has 1 N–H and O–H groups in total. The minimum Gasteiger partial charge on any atom is -0.312 e. The summed E-state index contributed by atoms with van der Waals surface area (Å²) < 4.78 is 3.77. The molecule has 0 atom stereocenters. The maximum atomic E-state index is 4.38. The van der Waals surface area contributed by atoms with Gasteiger partial charge in [0.25, 0.3) is 0 Å². The van der Waals surface area contributed by atoms with Gasteiger partial charge in [0.1, 0.15) is 5.69 Å². The Bertz CT molecular complexity index is 710. The van der Waals surface area contributed by atoms with Crippen molar-refractivity contribution in [2.24, 2.45) is 0 Å². The average Bonchev–Trinajstić information content (AvgIpc) is 3.06. The second kappa shape index (κ2) is 4.57. The van der Waals surface area contributed by atoms with Crippen LogP contribution in [0.4, 0.5) is 0 Å². The molecule has 3 heterocycles. The molecule has 0 amide bonds. The van der Waals surface area contributed by atoms with Gasteiger partial charge in [-0.15, -0.1) is 5.10 Å². The number of benzene rings is 1. The summed E-state index contributed by atoms with van der Waals surface area (Å²) in [5.74, 6) is 0. The summed E-state index contributed by atoms with van der Waals surface area (Å²) in [5, 5.41) is 16.0. The first-order valence-corrected chi connectivity index (χ1v) is 6.63. The van der Waals surface area contributed by atoms with Crippen LogP contribution in [0.3, 0.4) is 0 Å². The summed E-state index contributed by atoms with van der Waals surface area (Å²) in [6.45, 7) is 1.93. The van der Waals surface area contributed by atoms with Gasteiger partial charge in [0.05, 0.1) is 24.1 Å². The third kappa shape index (κ3) is 1.90. The number of hydrogen-bond donors (Lipinski definition) is 1. The van der Waals surface area contributed by atoms with Crippen LogP contribution >= 0.6 is 0 Å². The second-order valence-electron chi connectivity index (χ2n) is 4.90. The molecule has 2 aromatic heterocycles. The molecule has 0 bridgehead atoms. The second-order valence-corrected chi connectivity index (χ2v) is 4.90. The van der Waals surface area contributed by atoms with E-state index in [1.165, 1.54) is 0 Å². The minimum atomic E-state index is 0.431. The van der Waals surface area contributed by atoms with Crippen LogP contribution in [0.5, 0.6) is 0 Å². The Kier molecular flexibility index (Phi) is 2.60. The molecule has 3 aromatic rings. The summed E-state index contributed by atoms with van der Waals surface area (Å²) >= 11 is 0. The molecule has 1 fully saturated rings. The summed E-state index contributed by atoms with van der Waals surface area (Å²) in [5.41, 5.74) is 2.88. The van der Waals surface area contributed by atoms with E-state index in [1.54, 1.807) is 0 Å². The summed E-state index contributed by atoms with van der Waals surface area (Å²) in [6, 6.07) is 10.5. The zero-order chi connectivity index (χ0) is 13.4. The van der Waals surface area contributed by atoms with E-state index in [2.05, 4.69) is 20.7 Å². The van der Waals surface area contributed by atoms with Crippen LogP contribution in [-0.2, 0) is 0 Å². The quantitative estimate of drug-likeness (QED) is 0.775. The van der Waals surface area contributed by atoms with Crippen LogP contribution < -0.4 is 5.32 Å². The molecule has 1 aromatic carbocycles. The largest absolute Gasteiger partial charge is 0.312 e. The fourth-order valence-corrected chi connectivity index (χ4v) is 2.22. The Morgan fingerprint density at radius 1 is 1.10 bits per heavy atom. The molecule has 1 saturated heterocycles. The van der Waals surface area contributed by atoms with Gasteiger partial charge in [0.2, 0.25) is 0 Å². The number of nitrogens with zero attached hydrogens (tertiary/aromatic N) is 5. The number of rotatable bonds is 3. The Balaban J connectivity index is 1.63. The predicted molar refractivity (Wildman–Crippen MR) is 74.5 cm³/mol. The smallest absolute Gasteiger partial charge is 0.116 e. The molecule has 20 heavy (non-hydrogen) atoms. The zero-order valence-corrected chi connectivity index (χ0v) is 10.8. The van der Waals surface area contributed by atoms with Crippen molar-refractivity contribution in [1.29, 1.82) is 0 Å². The lowest BCUT2D eigenvalue weighted by molar-refractivity contribution is 0.313. The maximum Gasteiger partial charge on any atom is 0.116 e. The van der Waals surface area contributed by atoms with Crippen molar-refractivity contribution in [2.75, 3.05) is 13.1 Å². The fourth-order valence-electron chi connectivity index (χ4n) is 2.22. The summed E-state index contributed by atoms with van der Waals surface area (Å²) in [6.07, 6.45) is 5.78. The number of hydrogen-bond acceptors (Lipinski definition) is 4. The lowest BCUT2D eigenvalue weighted by Gasteiger charge is -2.26. The van der Waals surface area contributed by atoms with Crippen LogP contribution in [0.2, 0.25) is 0 Å². The van der Waals surface area contributed by atoms with Crippen LogP contribution in [-0.4, -0.2) is 37.9 Å². The van der Waals surface area contributed by atoms with E-state index in [-0.39, 0.29) is 0 Å². The van der Waals surface area contributed by atoms with Gasteiger partial charge in [0, 0.05) is 24.8 Å². The number of aromatic nitrogens is 5. The van der Waals surface area contributed by atoms with E-state index in [0.717, 1.165) is 30.0 Å². The Morgan fingerprint density at radius 3 is 2.70 bits per heavy atom. The molecule has 4 rings (SSSR count). The third-order valence-electron chi connectivity index (χ3n) is 3.54. The maximum absolute atomic E-state index is 4.38. The monoisotopic (exact) mass is 266 g/mol. The first-order valence-electron chi connectivity index (χ1n) is 6.63. The van der Waals surface area contributed by atoms with E-state index in [1.807, 2.05) is 58.3 Å². The van der Waals surface area contributed by atoms with Crippen molar-refractivity contribution in [1.82, 2.24) is 30.1 Å². The first-order chi connectivity index (χ1) is 9.90. The zero-order valence-electron chi connectivity index (χ0n) is 10.8. The normalized spacial score (nSPS) is 15.2. The van der Waals surface area contributed by atoms with Crippen molar-refractivity contribution in [3.8, 4) is 16.9 Å². The molecule has 0 radical (unpaired) electrons. The van der Waals surface area contributed by atoms with Crippen LogP contribution in [0, 0.1) is 0 Å². The van der Waals surface area contributed by atoms with Gasteiger partial charge in [-0.3, -0.25) is 0 Å². The highest BCUT2D eigenvalue weighted by Gasteiger charge is 2.20. The molecule has 100 valence electrons. The van der Waals surface area contributed by atoms with Crippen LogP contribution in [0.25, 0.3) is 16.9 Å². The Hall–Kier alpha value is -2.47. The lowest BCUT2D eigenvalue weighted by atomic mass is 10.2. The SMILES string of the molecule is c1ccc(-n2cc(-c3cn(C4CNC4)nn3)cn2)cc1. The summed E-state index contributed by atoms with van der Waals surface area (Å²) in [7, 11) is 0. The van der Waals surface area contributed by atoms with Crippen LogP contribution in [0.15, 0.2) is 48.9 Å². The Labute approximate surface area is 116 Å². The van der Waals surface area contributed by atoms with Crippen LogP contribution in [0.1, 0.15) is 6.04 Å². The third-order valence-corrected chi connectivity index (χ3v) is 3.54. The van der Waals surface area contributed by atoms with Gasteiger partial charge in [-0.25, -0.2) is 9.36 Å². The molecule has 6 nitrogen and oxygen atoms in total. The topological polar surface area (TPSA) is 60.6 Å². The average molecular weight is 266 g/mol. The van der Waals surface area contributed by atoms with E-state index in [0.29, 0.717) is 6.04 Å². The molecule has 6 heteroatoms. The molecule has 0 unspecified atom stereocenters. The van der Waals surface area contributed by atoms with E-state index in [9.17, 15) is 0 Å². The van der Waals surface area contributed by atoms with Crippen molar-refractivity contribution < 1.29 is 0 Å². The van der Waals surface area contributed by atoms with Gasteiger partial charge in [0.15, 0.2) is 0 Å². The highest BCUT2D eigenvalue weighted by atomic mass is 15.5. The standard InChI is InChI=1S/C14H14N6/c1-2-4-12(5-3-1)19-9-11(6-16-19)14-10-20(18-17-14)13-7-15-8-13/h1-6,9-10,13,15H,7-8H2. The Morgan fingerprint density at radius 2 is 1.95 bits per heavy atom.